The predicted molar refractivity (Wildman–Crippen MR) is 131 cm³/mol. The molecule has 2 aromatic heterocycles. The number of anilines is 3. The van der Waals surface area contributed by atoms with Crippen LogP contribution in [0.5, 0.6) is 0 Å². The van der Waals surface area contributed by atoms with Crippen LogP contribution in [0.25, 0.3) is 0 Å². The van der Waals surface area contributed by atoms with E-state index in [9.17, 15) is 4.79 Å². The number of carbonyl (C=O) groups excluding carboxylic acids is 1. The molecule has 0 atom stereocenters. The van der Waals surface area contributed by atoms with Gasteiger partial charge in [0.15, 0.2) is 10.3 Å². The van der Waals surface area contributed by atoms with Crippen molar-refractivity contribution in [1.82, 2.24) is 19.9 Å². The van der Waals surface area contributed by atoms with Crippen LogP contribution in [-0.4, -0.2) is 58.9 Å². The molecule has 0 bridgehead atoms. The second kappa shape index (κ2) is 10.7. The van der Waals surface area contributed by atoms with Gasteiger partial charge in [-0.3, -0.25) is 4.79 Å². The zero-order chi connectivity index (χ0) is 23.2. The first-order valence-corrected chi connectivity index (χ1v) is 12.4. The molecule has 0 spiro atoms. The minimum absolute atomic E-state index is 0.232. The zero-order valence-electron chi connectivity index (χ0n) is 18.6. The molecule has 8 nitrogen and oxygen atoms in total. The molecule has 3 aromatic rings. The number of nitrogens with zero attached hydrogens (tertiary/aromatic N) is 6. The molecule has 0 aliphatic carbocycles. The highest BCUT2D eigenvalue weighted by atomic mass is 32.2. The molecular weight excluding hydrogens is 454 g/mol. The summed E-state index contributed by atoms with van der Waals surface area (Å²) >= 11 is 2.77. The van der Waals surface area contributed by atoms with E-state index in [1.54, 1.807) is 6.20 Å². The van der Waals surface area contributed by atoms with E-state index in [1.165, 1.54) is 23.1 Å². The molecule has 0 saturated carbocycles. The van der Waals surface area contributed by atoms with E-state index in [0.29, 0.717) is 33.8 Å². The van der Waals surface area contributed by atoms with Crippen molar-refractivity contribution >= 4 is 45.6 Å². The van der Waals surface area contributed by atoms with Crippen molar-refractivity contribution in [2.45, 2.75) is 29.8 Å². The summed E-state index contributed by atoms with van der Waals surface area (Å²) in [5.41, 5.74) is 1.01. The molecule has 0 amide bonds. The van der Waals surface area contributed by atoms with Crippen LogP contribution in [0.15, 0.2) is 46.6 Å². The fourth-order valence-corrected chi connectivity index (χ4v) is 4.73. The van der Waals surface area contributed by atoms with Crippen LogP contribution in [0.3, 0.4) is 0 Å². The number of rotatable bonds is 8. The van der Waals surface area contributed by atoms with Gasteiger partial charge in [0, 0.05) is 50.0 Å². The van der Waals surface area contributed by atoms with Crippen LogP contribution >= 0.6 is 23.1 Å². The monoisotopic (exact) mass is 479 g/mol. The summed E-state index contributed by atoms with van der Waals surface area (Å²) in [6.45, 7) is 5.63. The first kappa shape index (κ1) is 23.2. The van der Waals surface area contributed by atoms with Crippen LogP contribution in [0.1, 0.15) is 23.8 Å². The van der Waals surface area contributed by atoms with Gasteiger partial charge in [0.05, 0.1) is 6.20 Å². The van der Waals surface area contributed by atoms with Crippen LogP contribution in [0.2, 0.25) is 0 Å². The van der Waals surface area contributed by atoms with Crippen molar-refractivity contribution in [3.63, 3.8) is 0 Å². The second-order valence-electron chi connectivity index (χ2n) is 7.77. The number of benzene rings is 1. The van der Waals surface area contributed by atoms with Gasteiger partial charge in [-0.1, -0.05) is 30.4 Å². The van der Waals surface area contributed by atoms with Gasteiger partial charge in [0.1, 0.15) is 28.4 Å². The molecule has 33 heavy (non-hydrogen) atoms. The zero-order valence-corrected chi connectivity index (χ0v) is 20.2. The molecule has 1 saturated heterocycles. The molecule has 3 heterocycles. The van der Waals surface area contributed by atoms with E-state index < -0.39 is 0 Å². The van der Waals surface area contributed by atoms with E-state index in [1.807, 2.05) is 37.3 Å². The van der Waals surface area contributed by atoms with Gasteiger partial charge in [-0.15, -0.1) is 0 Å². The van der Waals surface area contributed by atoms with Gasteiger partial charge < -0.3 is 15.1 Å². The lowest BCUT2D eigenvalue weighted by Gasteiger charge is -2.33. The Morgan fingerprint density at radius 2 is 1.97 bits per heavy atom. The van der Waals surface area contributed by atoms with Crippen molar-refractivity contribution in [2.75, 3.05) is 43.4 Å². The lowest BCUT2D eigenvalue weighted by molar-refractivity contribution is -0.118. The Hall–Kier alpha value is -3.00. The number of hydrogen-bond donors (Lipinski definition) is 1. The van der Waals surface area contributed by atoms with Crippen LogP contribution in [0.4, 0.5) is 16.8 Å². The second-order valence-corrected chi connectivity index (χ2v) is 9.84. The summed E-state index contributed by atoms with van der Waals surface area (Å²) in [6, 6.07) is 12.0. The van der Waals surface area contributed by atoms with Gasteiger partial charge in [0.2, 0.25) is 0 Å². The number of nitrogens with one attached hydrogen (secondary N) is 1. The average Bonchev–Trinajstić information content (AvgIpc) is 3.28. The van der Waals surface area contributed by atoms with Gasteiger partial charge in [0.25, 0.3) is 0 Å². The molecule has 170 valence electrons. The topological polar surface area (TPSA) is 98.0 Å². The first-order chi connectivity index (χ1) is 16.0. The summed E-state index contributed by atoms with van der Waals surface area (Å²) in [5, 5.41) is 13.6. The number of hydrogen-bond acceptors (Lipinski definition) is 10. The Labute approximate surface area is 201 Å². The Kier molecular flexibility index (Phi) is 7.54. The minimum atomic E-state index is 0.232. The molecular formula is C23H25N7OS2. The van der Waals surface area contributed by atoms with E-state index in [-0.39, 0.29) is 5.78 Å². The Bertz CT molecular complexity index is 1150. The molecule has 0 radical (unpaired) electrons. The number of ketones is 1. The minimum Gasteiger partial charge on any atom is -0.354 e. The lowest BCUT2D eigenvalue weighted by atomic mass is 10.1. The number of nitriles is 1. The van der Waals surface area contributed by atoms with Crippen molar-refractivity contribution < 1.29 is 4.79 Å². The Morgan fingerprint density at radius 1 is 1.21 bits per heavy atom. The summed E-state index contributed by atoms with van der Waals surface area (Å²) in [7, 11) is 2.12. The highest BCUT2D eigenvalue weighted by molar-refractivity contribution is 7.99. The predicted octanol–water partition coefficient (Wildman–Crippen LogP) is 3.97. The van der Waals surface area contributed by atoms with Crippen molar-refractivity contribution in [2.24, 2.45) is 0 Å². The molecule has 1 fully saturated rings. The largest absolute Gasteiger partial charge is 0.354 e. The molecule has 1 aromatic carbocycles. The maximum absolute atomic E-state index is 11.7. The fourth-order valence-electron chi connectivity index (χ4n) is 3.35. The van der Waals surface area contributed by atoms with Gasteiger partial charge in [-0.25, -0.2) is 15.0 Å². The normalized spacial score (nSPS) is 14.2. The molecule has 1 aliphatic heterocycles. The lowest BCUT2D eigenvalue weighted by Crippen LogP contribution is -2.44. The van der Waals surface area contributed by atoms with Crippen molar-refractivity contribution in [3.8, 4) is 6.07 Å². The molecule has 10 heteroatoms. The SMILES string of the molecule is CCC(=O)Cc1ccc(Sc2nc(Nc3ncc(C#N)s3)cc(N3CCN(C)CC3)n2)cc1. The van der Waals surface area contributed by atoms with E-state index in [2.05, 4.69) is 38.2 Å². The van der Waals surface area contributed by atoms with Crippen LogP contribution in [-0.2, 0) is 11.2 Å². The fraction of sp³-hybridized carbons (Fsp3) is 0.348. The Morgan fingerprint density at radius 3 is 2.64 bits per heavy atom. The number of likely N-dealkylation sites (N-methyl/N-ethyl adjacent to an activating group) is 1. The molecule has 0 unspecified atom stereocenters. The number of piperazine rings is 1. The third kappa shape index (κ3) is 6.28. The van der Waals surface area contributed by atoms with Crippen molar-refractivity contribution in [1.29, 1.82) is 5.26 Å². The third-order valence-corrected chi connectivity index (χ3v) is 6.99. The summed E-state index contributed by atoms with van der Waals surface area (Å²) < 4.78 is 0. The quantitative estimate of drug-likeness (QED) is 0.481. The van der Waals surface area contributed by atoms with Crippen LogP contribution < -0.4 is 10.2 Å². The standard InChI is InChI=1S/C23H25N7OS2/c1-3-17(31)12-16-4-6-18(7-5-16)32-23-27-20(26-22-25-15-19(14-24)33-22)13-21(28-23)30-10-8-29(2)9-11-30/h4-7,13,15H,3,8-12H2,1-2H3,(H,25,26,27,28). The summed E-state index contributed by atoms with van der Waals surface area (Å²) in [4.78, 5) is 31.6. The first-order valence-electron chi connectivity index (χ1n) is 10.8. The number of thiazole rings is 1. The third-order valence-electron chi connectivity index (χ3n) is 5.30. The van der Waals surface area contributed by atoms with E-state index in [4.69, 9.17) is 10.2 Å². The van der Waals surface area contributed by atoms with Gasteiger partial charge >= 0.3 is 0 Å². The number of Topliss-reactive ketones (excluding diaryl/α,β-unsaturated/α-hetero) is 1. The molecule has 4 rings (SSSR count). The highest BCUT2D eigenvalue weighted by Gasteiger charge is 2.18. The maximum Gasteiger partial charge on any atom is 0.196 e. The van der Waals surface area contributed by atoms with Gasteiger partial charge in [-0.2, -0.15) is 5.26 Å². The van der Waals surface area contributed by atoms with E-state index >= 15 is 0 Å². The Balaban J connectivity index is 1.57. The average molecular weight is 480 g/mol. The van der Waals surface area contributed by atoms with Crippen molar-refractivity contribution in [3.05, 3.63) is 47.0 Å². The molecule has 1 aliphatic rings. The highest BCUT2D eigenvalue weighted by Crippen LogP contribution is 2.30. The number of carbonyl (C=O) groups is 1. The smallest absolute Gasteiger partial charge is 0.196 e. The van der Waals surface area contributed by atoms with Gasteiger partial charge in [-0.05, 0) is 36.5 Å². The van der Waals surface area contributed by atoms with E-state index in [0.717, 1.165) is 42.5 Å². The molecule has 1 N–H and O–H groups in total. The maximum atomic E-state index is 11.7. The number of aromatic nitrogens is 3. The summed E-state index contributed by atoms with van der Waals surface area (Å²) in [5.74, 6) is 1.74. The van der Waals surface area contributed by atoms with Crippen LogP contribution in [0, 0.1) is 11.3 Å². The summed E-state index contributed by atoms with van der Waals surface area (Å²) in [6.07, 6.45) is 2.56.